The molecule has 0 aromatic rings. The molecule has 0 radical (unpaired) electrons. The van der Waals surface area contributed by atoms with E-state index in [1.165, 1.54) is 12.8 Å². The van der Waals surface area contributed by atoms with Crippen molar-refractivity contribution in [3.63, 3.8) is 0 Å². The van der Waals surface area contributed by atoms with E-state index in [0.717, 1.165) is 12.3 Å². The molecule has 1 aliphatic heterocycles. The maximum atomic E-state index is 12.5. The number of ether oxygens (including phenoxy) is 1. The van der Waals surface area contributed by atoms with Crippen LogP contribution in [0.25, 0.3) is 0 Å². The number of aliphatic hydroxyl groups is 1. The van der Waals surface area contributed by atoms with Crippen LogP contribution in [-0.2, 0) is 4.74 Å². The maximum absolute atomic E-state index is 12.5. The largest absolute Gasteiger partial charge is 0.394 e. The quantitative estimate of drug-likeness (QED) is 0.814. The summed E-state index contributed by atoms with van der Waals surface area (Å²) in [6.45, 7) is 8.62. The van der Waals surface area contributed by atoms with Crippen molar-refractivity contribution >= 4 is 6.03 Å². The molecule has 3 rings (SSSR count). The Morgan fingerprint density at radius 2 is 2.19 bits per heavy atom. The topological polar surface area (TPSA) is 61.8 Å². The van der Waals surface area contributed by atoms with Gasteiger partial charge in [-0.05, 0) is 36.0 Å². The summed E-state index contributed by atoms with van der Waals surface area (Å²) in [5.74, 6) is 0.725. The van der Waals surface area contributed by atoms with Gasteiger partial charge in [-0.2, -0.15) is 0 Å². The van der Waals surface area contributed by atoms with Crippen molar-refractivity contribution in [2.75, 3.05) is 26.3 Å². The van der Waals surface area contributed by atoms with Crippen molar-refractivity contribution in [1.82, 2.24) is 10.2 Å². The van der Waals surface area contributed by atoms with Crippen LogP contribution in [0.4, 0.5) is 4.79 Å². The fraction of sp³-hybridized carbons (Fsp3) is 0.938. The van der Waals surface area contributed by atoms with E-state index in [4.69, 9.17) is 4.74 Å². The van der Waals surface area contributed by atoms with Crippen LogP contribution < -0.4 is 5.32 Å². The van der Waals surface area contributed by atoms with E-state index in [1.54, 1.807) is 4.90 Å². The minimum atomic E-state index is -0.239. The molecule has 3 aliphatic rings. The number of hydrogen-bond donors (Lipinski definition) is 2. The molecule has 2 bridgehead atoms. The number of nitrogens with zero attached hydrogens (tertiary/aromatic N) is 1. The number of aliphatic hydroxyl groups excluding tert-OH is 1. The van der Waals surface area contributed by atoms with Crippen molar-refractivity contribution < 1.29 is 14.6 Å². The smallest absolute Gasteiger partial charge is 0.317 e. The maximum Gasteiger partial charge on any atom is 0.317 e. The molecule has 2 N–H and O–H groups in total. The van der Waals surface area contributed by atoms with Crippen LogP contribution in [0.5, 0.6) is 0 Å². The fourth-order valence-corrected chi connectivity index (χ4v) is 4.68. The lowest BCUT2D eigenvalue weighted by Crippen LogP contribution is -2.55. The third-order valence-corrected chi connectivity index (χ3v) is 6.72. The number of urea groups is 1. The number of carbonyl (C=O) groups excluding carboxylic acids is 1. The highest BCUT2D eigenvalue weighted by atomic mass is 16.5. The monoisotopic (exact) mass is 296 g/mol. The first-order chi connectivity index (χ1) is 9.88. The van der Waals surface area contributed by atoms with Gasteiger partial charge in [0.25, 0.3) is 0 Å². The molecule has 4 atom stereocenters. The molecular formula is C16H28N2O3. The molecule has 0 unspecified atom stereocenters. The van der Waals surface area contributed by atoms with Crippen LogP contribution in [0.3, 0.4) is 0 Å². The van der Waals surface area contributed by atoms with Gasteiger partial charge in [-0.3, -0.25) is 0 Å². The van der Waals surface area contributed by atoms with Gasteiger partial charge in [-0.15, -0.1) is 0 Å². The van der Waals surface area contributed by atoms with Crippen LogP contribution in [0, 0.1) is 16.7 Å². The number of carbonyl (C=O) groups is 1. The zero-order valence-corrected chi connectivity index (χ0v) is 13.4. The lowest BCUT2D eigenvalue weighted by Gasteiger charge is -2.41. The Kier molecular flexibility index (Phi) is 3.69. The first kappa shape index (κ1) is 15.1. The van der Waals surface area contributed by atoms with E-state index in [-0.39, 0.29) is 30.2 Å². The molecule has 3 fully saturated rings. The Bertz CT molecular complexity index is 426. The van der Waals surface area contributed by atoms with Gasteiger partial charge in [0, 0.05) is 12.6 Å². The summed E-state index contributed by atoms with van der Waals surface area (Å²) >= 11 is 0. The highest BCUT2D eigenvalue weighted by Crippen LogP contribution is 2.65. The Morgan fingerprint density at radius 3 is 2.76 bits per heavy atom. The number of amides is 2. The zero-order chi connectivity index (χ0) is 15.3. The third kappa shape index (κ3) is 2.25. The van der Waals surface area contributed by atoms with Crippen molar-refractivity contribution in [1.29, 1.82) is 0 Å². The van der Waals surface area contributed by atoms with Crippen molar-refractivity contribution in [3.8, 4) is 0 Å². The molecule has 0 aromatic carbocycles. The van der Waals surface area contributed by atoms with Crippen LogP contribution in [0.15, 0.2) is 0 Å². The zero-order valence-electron chi connectivity index (χ0n) is 13.4. The van der Waals surface area contributed by atoms with E-state index >= 15 is 0 Å². The lowest BCUT2D eigenvalue weighted by atomic mass is 9.69. The fourth-order valence-electron chi connectivity index (χ4n) is 4.68. The highest BCUT2D eigenvalue weighted by Gasteiger charge is 2.61. The molecule has 120 valence electrons. The first-order valence-electron chi connectivity index (χ1n) is 8.16. The second-order valence-corrected chi connectivity index (χ2v) is 7.73. The van der Waals surface area contributed by atoms with E-state index in [2.05, 4.69) is 26.1 Å². The van der Waals surface area contributed by atoms with Gasteiger partial charge in [0.05, 0.1) is 25.9 Å². The molecule has 5 nitrogen and oxygen atoms in total. The minimum absolute atomic E-state index is 0.00586. The molecule has 21 heavy (non-hydrogen) atoms. The number of nitrogens with one attached hydrogen (secondary N) is 1. The molecule has 1 saturated heterocycles. The molecular weight excluding hydrogens is 268 g/mol. The van der Waals surface area contributed by atoms with Crippen molar-refractivity contribution in [3.05, 3.63) is 0 Å². The average Bonchev–Trinajstić information content (AvgIpc) is 2.80. The summed E-state index contributed by atoms with van der Waals surface area (Å²) in [6, 6.07) is 0.278. The van der Waals surface area contributed by atoms with Crippen LogP contribution in [-0.4, -0.2) is 54.5 Å². The summed E-state index contributed by atoms with van der Waals surface area (Å²) < 4.78 is 5.41. The number of fused-ring (bicyclic) bond motifs is 2. The van der Waals surface area contributed by atoms with Crippen LogP contribution in [0.2, 0.25) is 0 Å². The second-order valence-electron chi connectivity index (χ2n) is 7.73. The molecule has 0 spiro atoms. The normalized spacial score (nSPS) is 41.3. The van der Waals surface area contributed by atoms with Crippen molar-refractivity contribution in [2.24, 2.45) is 16.7 Å². The van der Waals surface area contributed by atoms with Gasteiger partial charge in [-0.25, -0.2) is 4.79 Å². The summed E-state index contributed by atoms with van der Waals surface area (Å²) in [7, 11) is 0. The summed E-state index contributed by atoms with van der Waals surface area (Å²) in [4.78, 5) is 14.3. The lowest BCUT2D eigenvalue weighted by molar-refractivity contribution is -0.0410. The average molecular weight is 296 g/mol. The van der Waals surface area contributed by atoms with Gasteiger partial charge in [0.1, 0.15) is 0 Å². The predicted octanol–water partition coefficient (Wildman–Crippen LogP) is 1.60. The van der Waals surface area contributed by atoms with E-state index < -0.39 is 0 Å². The van der Waals surface area contributed by atoms with Gasteiger partial charge in [0.2, 0.25) is 0 Å². The Balaban J connectivity index is 1.64. The van der Waals surface area contributed by atoms with E-state index in [9.17, 15) is 9.90 Å². The van der Waals surface area contributed by atoms with E-state index in [1.807, 2.05) is 0 Å². The number of hydrogen-bond acceptors (Lipinski definition) is 3. The first-order valence-corrected chi connectivity index (χ1v) is 8.16. The Labute approximate surface area is 127 Å². The molecule has 2 aliphatic carbocycles. The molecule has 2 saturated carbocycles. The standard InChI is InChI=1S/C16H28N2O3/c1-15(2)11-4-5-16(15,3)13(8-11)17-14(20)18-6-7-21-12(9-18)10-19/h11-13,19H,4-10H2,1-3H3,(H,17,20)/t11-,12-,13-,16-/m0/s1. The highest BCUT2D eigenvalue weighted by molar-refractivity contribution is 5.75. The summed E-state index contributed by atoms with van der Waals surface area (Å²) in [5, 5.41) is 12.5. The molecule has 5 heteroatoms. The van der Waals surface area contributed by atoms with E-state index in [0.29, 0.717) is 25.1 Å². The molecule has 2 amide bonds. The third-order valence-electron chi connectivity index (χ3n) is 6.72. The molecule has 1 heterocycles. The SMILES string of the molecule is CC1(C)[C@H]2CC[C@@]1(C)[C@@H](NC(=O)N1CCO[C@H](CO)C1)C2. The Hall–Kier alpha value is -0.810. The minimum Gasteiger partial charge on any atom is -0.394 e. The number of rotatable bonds is 2. The predicted molar refractivity (Wildman–Crippen MR) is 79.9 cm³/mol. The van der Waals surface area contributed by atoms with Crippen molar-refractivity contribution in [2.45, 2.75) is 52.2 Å². The molecule has 0 aromatic heterocycles. The van der Waals surface area contributed by atoms with Crippen LogP contribution in [0.1, 0.15) is 40.0 Å². The van der Waals surface area contributed by atoms with Crippen LogP contribution >= 0.6 is 0 Å². The summed E-state index contributed by atoms with van der Waals surface area (Å²) in [6.07, 6.45) is 3.36. The van der Waals surface area contributed by atoms with Gasteiger partial charge in [0.15, 0.2) is 0 Å². The van der Waals surface area contributed by atoms with Gasteiger partial charge in [-0.1, -0.05) is 20.8 Å². The van der Waals surface area contributed by atoms with Gasteiger partial charge < -0.3 is 20.1 Å². The summed E-state index contributed by atoms with van der Waals surface area (Å²) in [5.41, 5.74) is 0.513. The number of morpholine rings is 1. The second kappa shape index (κ2) is 5.13. The van der Waals surface area contributed by atoms with Gasteiger partial charge >= 0.3 is 6.03 Å². The Morgan fingerprint density at radius 1 is 1.43 bits per heavy atom.